The number of halogens is 1. The second-order valence-electron chi connectivity index (χ2n) is 4.38. The molecule has 18 heavy (non-hydrogen) atoms. The zero-order chi connectivity index (χ0) is 12.3. The Morgan fingerprint density at radius 2 is 1.61 bits per heavy atom. The van der Waals surface area contributed by atoms with Crippen molar-refractivity contribution in [3.05, 3.63) is 63.9 Å². The number of fused-ring (bicyclic) bond motifs is 3. The van der Waals surface area contributed by atoms with Gasteiger partial charge in [-0.2, -0.15) is 0 Å². The van der Waals surface area contributed by atoms with Crippen LogP contribution in [0, 0.1) is 0 Å². The van der Waals surface area contributed by atoms with Crippen LogP contribution in [0.2, 0.25) is 5.02 Å². The molecule has 2 heterocycles. The molecule has 0 fully saturated rings. The molecule has 4 aromatic rings. The molecule has 0 radical (unpaired) electrons. The number of aromatic nitrogens is 1. The average Bonchev–Trinajstić information content (AvgIpc) is 2.72. The summed E-state index contributed by atoms with van der Waals surface area (Å²) in [5, 5.41) is 3.59. The summed E-state index contributed by atoms with van der Waals surface area (Å²) in [5.74, 6) is 0. The van der Waals surface area contributed by atoms with Crippen LogP contribution >= 0.6 is 11.6 Å². The maximum absolute atomic E-state index is 12.2. The second kappa shape index (κ2) is 3.24. The molecule has 86 valence electrons. The summed E-state index contributed by atoms with van der Waals surface area (Å²) >= 11 is 6.16. The van der Waals surface area contributed by atoms with E-state index in [4.69, 9.17) is 11.6 Å². The lowest BCUT2D eigenvalue weighted by atomic mass is 10.1. The van der Waals surface area contributed by atoms with Crippen molar-refractivity contribution in [2.45, 2.75) is 0 Å². The highest BCUT2D eigenvalue weighted by molar-refractivity contribution is 6.36. The van der Waals surface area contributed by atoms with Crippen LogP contribution in [0.3, 0.4) is 0 Å². The fourth-order valence-electron chi connectivity index (χ4n) is 2.69. The second-order valence-corrected chi connectivity index (χ2v) is 4.79. The Balaban J connectivity index is 2.55. The summed E-state index contributed by atoms with van der Waals surface area (Å²) in [7, 11) is 0. The van der Waals surface area contributed by atoms with E-state index in [2.05, 4.69) is 0 Å². The van der Waals surface area contributed by atoms with E-state index in [1.54, 1.807) is 4.40 Å². The third kappa shape index (κ3) is 1.06. The molecule has 0 aliphatic rings. The van der Waals surface area contributed by atoms with Crippen LogP contribution in [-0.2, 0) is 0 Å². The van der Waals surface area contributed by atoms with E-state index in [1.165, 1.54) is 6.07 Å². The molecule has 0 N–H and O–H groups in total. The molecule has 0 saturated heterocycles. The maximum Gasteiger partial charge on any atom is 0.257 e. The highest BCUT2D eigenvalue weighted by Crippen LogP contribution is 2.32. The van der Waals surface area contributed by atoms with Crippen molar-refractivity contribution in [3.8, 4) is 0 Å². The predicted octanol–water partition coefficient (Wildman–Crippen LogP) is 3.70. The van der Waals surface area contributed by atoms with Gasteiger partial charge >= 0.3 is 0 Å². The molecule has 0 bridgehead atoms. The van der Waals surface area contributed by atoms with Crippen molar-refractivity contribution in [2.75, 3.05) is 0 Å². The summed E-state index contributed by atoms with van der Waals surface area (Å²) in [5.41, 5.74) is 1.77. The summed E-state index contributed by atoms with van der Waals surface area (Å²) in [6.07, 6.45) is 0. The van der Waals surface area contributed by atoms with Gasteiger partial charge in [0, 0.05) is 22.2 Å². The lowest BCUT2D eigenvalue weighted by molar-refractivity contribution is 1.18. The standard InChI is InChI=1S/C15H8ClNO/c16-12-8-14(18)17-13-7-2-1-4-9(13)10-5-3-6-11(12)15(10)17/h1-8H. The van der Waals surface area contributed by atoms with E-state index in [9.17, 15) is 4.79 Å². The zero-order valence-electron chi connectivity index (χ0n) is 9.35. The highest BCUT2D eigenvalue weighted by atomic mass is 35.5. The fourth-order valence-corrected chi connectivity index (χ4v) is 2.94. The first-order valence-electron chi connectivity index (χ1n) is 5.71. The SMILES string of the molecule is O=c1cc(Cl)c2cccc3c4ccccc4n1c23. The lowest BCUT2D eigenvalue weighted by Gasteiger charge is -2.01. The Morgan fingerprint density at radius 3 is 2.50 bits per heavy atom. The molecule has 0 saturated carbocycles. The van der Waals surface area contributed by atoms with Gasteiger partial charge in [-0.25, -0.2) is 0 Å². The predicted molar refractivity (Wildman–Crippen MR) is 74.9 cm³/mol. The number of hydrogen-bond donors (Lipinski definition) is 0. The van der Waals surface area contributed by atoms with Crippen molar-refractivity contribution in [1.82, 2.24) is 4.40 Å². The third-order valence-corrected chi connectivity index (χ3v) is 3.74. The Kier molecular flexibility index (Phi) is 1.78. The zero-order valence-corrected chi connectivity index (χ0v) is 10.1. The van der Waals surface area contributed by atoms with Crippen molar-refractivity contribution in [3.63, 3.8) is 0 Å². The normalized spacial score (nSPS) is 11.8. The van der Waals surface area contributed by atoms with Gasteiger partial charge in [0.25, 0.3) is 5.56 Å². The highest BCUT2D eigenvalue weighted by Gasteiger charge is 2.14. The topological polar surface area (TPSA) is 21.5 Å². The molecule has 2 aromatic carbocycles. The van der Waals surface area contributed by atoms with Gasteiger partial charge in [0.1, 0.15) is 0 Å². The summed E-state index contributed by atoms with van der Waals surface area (Å²) in [4.78, 5) is 12.2. The van der Waals surface area contributed by atoms with Crippen LogP contribution in [0.1, 0.15) is 0 Å². The molecule has 2 nitrogen and oxygen atoms in total. The fraction of sp³-hybridized carbons (Fsp3) is 0. The van der Waals surface area contributed by atoms with Crippen molar-refractivity contribution in [1.29, 1.82) is 0 Å². The van der Waals surface area contributed by atoms with E-state index in [-0.39, 0.29) is 5.56 Å². The largest absolute Gasteiger partial charge is 0.276 e. The van der Waals surface area contributed by atoms with Gasteiger partial charge in [-0.3, -0.25) is 9.20 Å². The number of hydrogen-bond acceptors (Lipinski definition) is 1. The van der Waals surface area contributed by atoms with Crippen LogP contribution < -0.4 is 5.56 Å². The van der Waals surface area contributed by atoms with E-state index >= 15 is 0 Å². The Bertz CT molecular complexity index is 955. The van der Waals surface area contributed by atoms with Gasteiger partial charge < -0.3 is 0 Å². The van der Waals surface area contributed by atoms with Crippen molar-refractivity contribution in [2.24, 2.45) is 0 Å². The van der Waals surface area contributed by atoms with E-state index < -0.39 is 0 Å². The summed E-state index contributed by atoms with van der Waals surface area (Å²) in [6, 6.07) is 15.3. The van der Waals surface area contributed by atoms with Gasteiger partial charge in [0.05, 0.1) is 16.1 Å². The molecule has 0 spiro atoms. The van der Waals surface area contributed by atoms with Crippen molar-refractivity contribution < 1.29 is 0 Å². The molecular weight excluding hydrogens is 246 g/mol. The quantitative estimate of drug-likeness (QED) is 0.468. The summed E-state index contributed by atoms with van der Waals surface area (Å²) in [6.45, 7) is 0. The number of para-hydroxylation sites is 2. The van der Waals surface area contributed by atoms with Crippen LogP contribution in [0.15, 0.2) is 53.3 Å². The van der Waals surface area contributed by atoms with Crippen molar-refractivity contribution >= 4 is 38.8 Å². The van der Waals surface area contributed by atoms with E-state index in [0.29, 0.717) is 5.02 Å². The number of nitrogens with zero attached hydrogens (tertiary/aromatic N) is 1. The van der Waals surface area contributed by atoms with Gasteiger partial charge in [-0.1, -0.05) is 48.0 Å². The Morgan fingerprint density at radius 1 is 0.889 bits per heavy atom. The van der Waals surface area contributed by atoms with E-state index in [0.717, 1.165) is 27.2 Å². The number of pyridine rings is 1. The minimum absolute atomic E-state index is 0.0788. The molecule has 0 amide bonds. The van der Waals surface area contributed by atoms with Gasteiger partial charge in [-0.15, -0.1) is 0 Å². The molecule has 0 unspecified atom stereocenters. The van der Waals surface area contributed by atoms with Gasteiger partial charge in [-0.05, 0) is 6.07 Å². The number of rotatable bonds is 0. The van der Waals surface area contributed by atoms with Crippen LogP contribution in [0.5, 0.6) is 0 Å². The van der Waals surface area contributed by atoms with Gasteiger partial charge in [0.2, 0.25) is 0 Å². The molecule has 0 aliphatic heterocycles. The lowest BCUT2D eigenvalue weighted by Crippen LogP contribution is -2.10. The minimum atomic E-state index is -0.0788. The van der Waals surface area contributed by atoms with Crippen LogP contribution in [0.4, 0.5) is 0 Å². The first-order chi connectivity index (χ1) is 8.77. The molecule has 3 heteroatoms. The van der Waals surface area contributed by atoms with Gasteiger partial charge in [0.15, 0.2) is 0 Å². The van der Waals surface area contributed by atoms with E-state index in [1.807, 2.05) is 42.5 Å². The summed E-state index contributed by atoms with van der Waals surface area (Å²) < 4.78 is 1.74. The molecule has 2 aromatic heterocycles. The first kappa shape index (κ1) is 9.92. The molecule has 4 rings (SSSR count). The smallest absolute Gasteiger partial charge is 0.257 e. The molecule has 0 atom stereocenters. The minimum Gasteiger partial charge on any atom is -0.276 e. The monoisotopic (exact) mass is 253 g/mol. The number of benzene rings is 2. The Hall–Kier alpha value is -2.06. The first-order valence-corrected chi connectivity index (χ1v) is 6.09. The Labute approximate surface area is 107 Å². The third-order valence-electron chi connectivity index (χ3n) is 3.42. The molecular formula is C15H8ClNO. The van der Waals surface area contributed by atoms with Crippen LogP contribution in [-0.4, -0.2) is 4.40 Å². The van der Waals surface area contributed by atoms with Crippen LogP contribution in [0.25, 0.3) is 27.2 Å². The average molecular weight is 254 g/mol. The maximum atomic E-state index is 12.2. The molecule has 0 aliphatic carbocycles.